The molecule has 0 fully saturated rings. The molecular formula is C18H14NS+. The van der Waals surface area contributed by atoms with Gasteiger partial charge in [0.15, 0.2) is 12.1 Å². The van der Waals surface area contributed by atoms with Crippen molar-refractivity contribution in [2.45, 2.75) is 4.90 Å². The maximum absolute atomic E-state index is 2.31. The van der Waals surface area contributed by atoms with E-state index in [9.17, 15) is 0 Å². The molecule has 4 rings (SSSR count). The van der Waals surface area contributed by atoms with Crippen LogP contribution in [0.5, 0.6) is 0 Å². The van der Waals surface area contributed by atoms with Crippen LogP contribution in [0.2, 0.25) is 0 Å². The monoisotopic (exact) mass is 276 g/mol. The fourth-order valence-electron chi connectivity index (χ4n) is 2.58. The number of hydrogen-bond donors (Lipinski definition) is 0. The Balaban J connectivity index is 1.86. The Kier molecular flexibility index (Phi) is 2.82. The van der Waals surface area contributed by atoms with Crippen molar-refractivity contribution in [3.63, 3.8) is 0 Å². The molecular weight excluding hydrogens is 262 g/mol. The predicted molar refractivity (Wildman–Crippen MR) is 86.2 cm³/mol. The predicted octanol–water partition coefficient (Wildman–Crippen LogP) is 4.67. The molecule has 1 nitrogen and oxygen atoms in total. The minimum atomic E-state index is 0.968. The number of thioether (sulfide) groups is 1. The summed E-state index contributed by atoms with van der Waals surface area (Å²) in [5.41, 5.74) is 2.56. The van der Waals surface area contributed by atoms with E-state index in [0.717, 1.165) is 5.88 Å². The van der Waals surface area contributed by atoms with Crippen LogP contribution in [0.25, 0.3) is 10.8 Å². The molecule has 3 aromatic rings. The highest BCUT2D eigenvalue weighted by Crippen LogP contribution is 2.31. The first kappa shape index (κ1) is 11.7. The number of fused-ring (bicyclic) bond motifs is 2. The third kappa shape index (κ3) is 2.02. The maximum Gasteiger partial charge on any atom is 0.205 e. The van der Waals surface area contributed by atoms with Crippen LogP contribution in [-0.4, -0.2) is 16.7 Å². The Hall–Kier alpha value is -2.06. The van der Waals surface area contributed by atoms with Crippen LogP contribution in [0.15, 0.2) is 71.6 Å². The van der Waals surface area contributed by atoms with Crippen LogP contribution in [0, 0.1) is 0 Å². The lowest BCUT2D eigenvalue weighted by Gasteiger charge is -2.12. The highest BCUT2D eigenvalue weighted by Gasteiger charge is 2.18. The molecule has 0 saturated carbocycles. The number of nitrogens with zero attached hydrogens (tertiary/aromatic N) is 1. The van der Waals surface area contributed by atoms with Crippen LogP contribution < -0.4 is 0 Å². The van der Waals surface area contributed by atoms with Crippen molar-refractivity contribution in [2.75, 3.05) is 5.88 Å². The van der Waals surface area contributed by atoms with Gasteiger partial charge in [-0.25, -0.2) is 0 Å². The second kappa shape index (κ2) is 4.80. The molecule has 3 aromatic carbocycles. The van der Waals surface area contributed by atoms with E-state index in [2.05, 4.69) is 77.5 Å². The van der Waals surface area contributed by atoms with E-state index >= 15 is 0 Å². The van der Waals surface area contributed by atoms with E-state index in [1.807, 2.05) is 11.8 Å². The van der Waals surface area contributed by atoms with E-state index in [4.69, 9.17) is 0 Å². The van der Waals surface area contributed by atoms with Gasteiger partial charge < -0.3 is 0 Å². The molecule has 0 spiro atoms. The third-order valence-electron chi connectivity index (χ3n) is 3.62. The van der Waals surface area contributed by atoms with E-state index < -0.39 is 0 Å². The van der Waals surface area contributed by atoms with Crippen LogP contribution in [0.3, 0.4) is 0 Å². The fourth-order valence-corrected chi connectivity index (χ4v) is 3.57. The molecule has 0 radical (unpaired) electrons. The van der Waals surface area contributed by atoms with Crippen LogP contribution in [0.1, 0.15) is 5.56 Å². The summed E-state index contributed by atoms with van der Waals surface area (Å²) in [5, 5.41) is 2.62. The molecule has 20 heavy (non-hydrogen) atoms. The summed E-state index contributed by atoms with van der Waals surface area (Å²) in [6.07, 6.45) is 2.26. The van der Waals surface area contributed by atoms with Crippen LogP contribution in [-0.2, 0) is 0 Å². The van der Waals surface area contributed by atoms with E-state index in [-0.39, 0.29) is 0 Å². The number of benzene rings is 3. The number of rotatable bonds is 1. The summed E-state index contributed by atoms with van der Waals surface area (Å²) in [7, 11) is 0. The van der Waals surface area contributed by atoms with Gasteiger partial charge in [-0.05, 0) is 22.9 Å². The normalized spacial score (nSPS) is 13.9. The SMILES string of the molecule is C1=[N+](c2ccccc2)CSc2cc3ccccc3cc21. The highest BCUT2D eigenvalue weighted by atomic mass is 32.2. The maximum atomic E-state index is 2.31. The van der Waals surface area contributed by atoms with Gasteiger partial charge in [-0.1, -0.05) is 54.2 Å². The first-order chi connectivity index (χ1) is 9.90. The number of hydrogen-bond acceptors (Lipinski definition) is 1. The molecule has 0 aromatic heterocycles. The van der Waals surface area contributed by atoms with Gasteiger partial charge in [-0.2, -0.15) is 4.58 Å². The van der Waals surface area contributed by atoms with Crippen molar-refractivity contribution in [1.82, 2.24) is 0 Å². The second-order valence-electron chi connectivity index (χ2n) is 4.95. The lowest BCUT2D eigenvalue weighted by atomic mass is 10.1. The Labute approximate surface area is 122 Å². The molecule has 0 amide bonds. The zero-order valence-electron chi connectivity index (χ0n) is 11.0. The number of para-hydroxylation sites is 1. The average Bonchev–Trinajstić information content (AvgIpc) is 2.53. The smallest absolute Gasteiger partial charge is 0.188 e. The van der Waals surface area contributed by atoms with Crippen molar-refractivity contribution in [3.8, 4) is 0 Å². The summed E-state index contributed by atoms with van der Waals surface area (Å²) in [6.45, 7) is 0. The Bertz CT molecular complexity index is 806. The summed E-state index contributed by atoms with van der Waals surface area (Å²) in [4.78, 5) is 1.37. The zero-order valence-corrected chi connectivity index (χ0v) is 11.8. The minimum absolute atomic E-state index is 0.968. The average molecular weight is 276 g/mol. The lowest BCUT2D eigenvalue weighted by molar-refractivity contribution is -0.411. The molecule has 0 saturated heterocycles. The van der Waals surface area contributed by atoms with Gasteiger partial charge in [-0.15, -0.1) is 0 Å². The third-order valence-corrected chi connectivity index (χ3v) is 4.69. The van der Waals surface area contributed by atoms with Crippen LogP contribution in [0.4, 0.5) is 5.69 Å². The topological polar surface area (TPSA) is 3.01 Å². The first-order valence-corrected chi connectivity index (χ1v) is 7.71. The van der Waals surface area contributed by atoms with E-state index in [0.29, 0.717) is 0 Å². The lowest BCUT2D eigenvalue weighted by Crippen LogP contribution is -2.12. The molecule has 0 bridgehead atoms. The Morgan fingerprint density at radius 1 is 0.800 bits per heavy atom. The molecule has 2 heteroatoms. The standard InChI is InChI=1S/C18H14NS/c1-2-8-17(9-3-1)19-12-16-10-14-6-4-5-7-15(14)11-18(16)20-13-19/h1-12H,13H2/q+1. The van der Waals surface area contributed by atoms with E-state index in [1.165, 1.54) is 26.9 Å². The molecule has 0 atom stereocenters. The molecule has 0 aliphatic carbocycles. The Morgan fingerprint density at radius 2 is 1.50 bits per heavy atom. The van der Waals surface area contributed by atoms with Crippen molar-refractivity contribution < 1.29 is 4.58 Å². The molecule has 0 unspecified atom stereocenters. The quantitative estimate of drug-likeness (QED) is 0.584. The first-order valence-electron chi connectivity index (χ1n) is 6.72. The summed E-state index contributed by atoms with van der Waals surface area (Å²) >= 11 is 1.90. The Morgan fingerprint density at radius 3 is 2.30 bits per heavy atom. The van der Waals surface area contributed by atoms with Crippen molar-refractivity contribution in [2.24, 2.45) is 0 Å². The van der Waals surface area contributed by atoms with E-state index in [1.54, 1.807) is 0 Å². The van der Waals surface area contributed by atoms with Crippen molar-refractivity contribution in [1.29, 1.82) is 0 Å². The molecule has 1 aliphatic rings. The second-order valence-corrected chi connectivity index (χ2v) is 5.93. The van der Waals surface area contributed by atoms with Gasteiger partial charge in [0.2, 0.25) is 5.69 Å². The van der Waals surface area contributed by atoms with Crippen molar-refractivity contribution >= 4 is 34.4 Å². The zero-order chi connectivity index (χ0) is 13.4. The van der Waals surface area contributed by atoms with Gasteiger partial charge in [-0.3, -0.25) is 0 Å². The van der Waals surface area contributed by atoms with Crippen LogP contribution >= 0.6 is 11.8 Å². The summed E-state index contributed by atoms with van der Waals surface area (Å²) in [6, 6.07) is 23.7. The van der Waals surface area contributed by atoms with Gasteiger partial charge >= 0.3 is 0 Å². The molecule has 96 valence electrons. The van der Waals surface area contributed by atoms with Gasteiger partial charge in [0.05, 0.1) is 5.56 Å². The van der Waals surface area contributed by atoms with Crippen molar-refractivity contribution in [3.05, 3.63) is 72.3 Å². The van der Waals surface area contributed by atoms with Gasteiger partial charge in [0.1, 0.15) is 0 Å². The molecule has 0 N–H and O–H groups in total. The van der Waals surface area contributed by atoms with Gasteiger partial charge in [0.25, 0.3) is 0 Å². The largest absolute Gasteiger partial charge is 0.205 e. The highest BCUT2D eigenvalue weighted by molar-refractivity contribution is 7.99. The minimum Gasteiger partial charge on any atom is -0.188 e. The fraction of sp³-hybridized carbons (Fsp3) is 0.0556. The summed E-state index contributed by atoms with van der Waals surface area (Å²) in [5.74, 6) is 0.968. The molecule has 1 aliphatic heterocycles. The molecule has 1 heterocycles. The summed E-state index contributed by atoms with van der Waals surface area (Å²) < 4.78 is 2.31. The van der Waals surface area contributed by atoms with Gasteiger partial charge in [0, 0.05) is 17.0 Å².